The second-order valence-corrected chi connectivity index (χ2v) is 11.9. The molecule has 1 aliphatic heterocycles. The van der Waals surface area contributed by atoms with E-state index in [1.54, 1.807) is 27.7 Å². The number of phosphoric ester groups is 1. The number of sulfone groups is 1. The first-order chi connectivity index (χ1) is 14.1. The molecule has 0 aromatic rings. The van der Waals surface area contributed by atoms with E-state index in [4.69, 9.17) is 23.0 Å². The highest BCUT2D eigenvalue weighted by molar-refractivity contribution is 7.90. The molecule has 3 atom stereocenters. The van der Waals surface area contributed by atoms with E-state index in [-0.39, 0.29) is 31.9 Å². The molecular formula is C17H30NO11PS. The number of esters is 2. The Labute approximate surface area is 181 Å². The van der Waals surface area contributed by atoms with Crippen LogP contribution in [0.3, 0.4) is 0 Å². The molecular weight excluding hydrogens is 457 g/mol. The highest BCUT2D eigenvalue weighted by Gasteiger charge is 2.43. The molecule has 31 heavy (non-hydrogen) atoms. The molecule has 0 radical (unpaired) electrons. The number of hydrogen-bond donors (Lipinski definition) is 1. The Bertz CT molecular complexity index is 805. The number of carbonyl (C=O) groups is 3. The van der Waals surface area contributed by atoms with Crippen LogP contribution in [0.25, 0.3) is 0 Å². The average molecular weight is 487 g/mol. The summed E-state index contributed by atoms with van der Waals surface area (Å²) in [5.41, 5.74) is -0.783. The van der Waals surface area contributed by atoms with E-state index in [9.17, 15) is 27.4 Å². The van der Waals surface area contributed by atoms with Crippen LogP contribution in [0.4, 0.5) is 0 Å². The molecule has 0 aliphatic carbocycles. The van der Waals surface area contributed by atoms with Gasteiger partial charge in [0.05, 0.1) is 24.2 Å². The zero-order valence-corrected chi connectivity index (χ0v) is 20.0. The zero-order chi connectivity index (χ0) is 23.9. The molecule has 1 aliphatic rings. The molecule has 180 valence electrons. The third-order valence-corrected chi connectivity index (χ3v) is 6.15. The van der Waals surface area contributed by atoms with E-state index in [2.05, 4.69) is 5.32 Å². The van der Waals surface area contributed by atoms with Crippen molar-refractivity contribution in [3.63, 3.8) is 0 Å². The number of amides is 1. The topological polar surface area (TPSA) is 161 Å². The van der Waals surface area contributed by atoms with E-state index >= 15 is 0 Å². The Morgan fingerprint density at radius 3 is 2.42 bits per heavy atom. The summed E-state index contributed by atoms with van der Waals surface area (Å²) in [7, 11) is -7.38. The molecule has 0 aromatic heterocycles. The van der Waals surface area contributed by atoms with Crippen LogP contribution < -0.4 is 5.32 Å². The smallest absolute Gasteiger partial charge is 0.465 e. The molecule has 0 spiro atoms. The minimum atomic E-state index is -4.14. The van der Waals surface area contributed by atoms with Crippen molar-refractivity contribution in [1.82, 2.24) is 5.32 Å². The maximum absolute atomic E-state index is 12.5. The quantitative estimate of drug-likeness (QED) is 0.264. The number of hydrogen-bond acceptors (Lipinski definition) is 11. The molecule has 0 bridgehead atoms. The molecule has 1 rings (SSSR count). The van der Waals surface area contributed by atoms with Gasteiger partial charge in [0.2, 0.25) is 12.7 Å². The van der Waals surface area contributed by atoms with E-state index in [1.165, 1.54) is 0 Å². The van der Waals surface area contributed by atoms with Crippen LogP contribution in [-0.4, -0.2) is 70.9 Å². The summed E-state index contributed by atoms with van der Waals surface area (Å²) in [5.74, 6) is -2.67. The van der Waals surface area contributed by atoms with Crippen molar-refractivity contribution in [1.29, 1.82) is 0 Å². The fraction of sp³-hybridized carbons (Fsp3) is 0.824. The number of phosphoric acid groups is 1. The molecule has 1 unspecified atom stereocenters. The van der Waals surface area contributed by atoms with Gasteiger partial charge >= 0.3 is 19.8 Å². The van der Waals surface area contributed by atoms with Gasteiger partial charge < -0.3 is 14.8 Å². The van der Waals surface area contributed by atoms with Gasteiger partial charge in [-0.2, -0.15) is 0 Å². The third kappa shape index (κ3) is 10.6. The molecule has 14 heteroatoms. The molecule has 0 saturated carbocycles. The molecule has 1 amide bonds. The first kappa shape index (κ1) is 27.5. The second kappa shape index (κ2) is 11.4. The van der Waals surface area contributed by atoms with Crippen LogP contribution in [0.5, 0.6) is 0 Å². The van der Waals surface area contributed by atoms with Gasteiger partial charge in [0.1, 0.15) is 6.61 Å². The maximum atomic E-state index is 12.5. The second-order valence-electron chi connectivity index (χ2n) is 8.07. The Hall–Kier alpha value is -1.53. The van der Waals surface area contributed by atoms with Gasteiger partial charge in [-0.3, -0.25) is 23.4 Å². The van der Waals surface area contributed by atoms with Crippen LogP contribution in [0, 0.1) is 11.3 Å². The van der Waals surface area contributed by atoms with Crippen LogP contribution in [-0.2, 0) is 51.8 Å². The van der Waals surface area contributed by atoms with Crippen LogP contribution in [0.15, 0.2) is 0 Å². The Balaban J connectivity index is 2.46. The number of carbonyl (C=O) groups excluding carboxylic acids is 3. The van der Waals surface area contributed by atoms with Crippen molar-refractivity contribution in [2.24, 2.45) is 11.3 Å². The largest absolute Gasteiger partial charge is 0.478 e. The minimum Gasteiger partial charge on any atom is -0.465 e. The van der Waals surface area contributed by atoms with Crippen LogP contribution in [0.2, 0.25) is 0 Å². The summed E-state index contributed by atoms with van der Waals surface area (Å²) in [6, 6.07) is 0. The Morgan fingerprint density at radius 1 is 1.19 bits per heavy atom. The molecule has 1 saturated heterocycles. The van der Waals surface area contributed by atoms with Crippen LogP contribution >= 0.6 is 7.82 Å². The highest BCUT2D eigenvalue weighted by atomic mass is 32.2. The third-order valence-electron chi connectivity index (χ3n) is 3.87. The monoisotopic (exact) mass is 487 g/mol. The van der Waals surface area contributed by atoms with E-state index in [1.807, 2.05) is 0 Å². The van der Waals surface area contributed by atoms with Crippen molar-refractivity contribution < 1.29 is 50.4 Å². The van der Waals surface area contributed by atoms with Gasteiger partial charge in [-0.15, -0.1) is 0 Å². The lowest BCUT2D eigenvalue weighted by Gasteiger charge is -2.32. The number of nitrogens with one attached hydrogen (secondary N) is 1. The zero-order valence-electron chi connectivity index (χ0n) is 18.2. The van der Waals surface area contributed by atoms with Gasteiger partial charge in [0, 0.05) is 18.7 Å². The predicted molar refractivity (Wildman–Crippen MR) is 107 cm³/mol. The summed E-state index contributed by atoms with van der Waals surface area (Å²) in [4.78, 5) is 35.6. The predicted octanol–water partition coefficient (Wildman–Crippen LogP) is 0.804. The van der Waals surface area contributed by atoms with Gasteiger partial charge in [0.25, 0.3) is 0 Å². The maximum Gasteiger partial charge on any atom is 0.478 e. The highest BCUT2D eigenvalue weighted by Crippen LogP contribution is 2.54. The molecule has 0 aromatic carbocycles. The molecule has 1 fully saturated rings. The lowest BCUT2D eigenvalue weighted by molar-refractivity contribution is -0.162. The number of ether oxygens (including phenoxy) is 2. The van der Waals surface area contributed by atoms with E-state index in [0.29, 0.717) is 0 Å². The van der Waals surface area contributed by atoms with Crippen LogP contribution in [0.1, 0.15) is 34.1 Å². The first-order valence-corrected chi connectivity index (χ1v) is 13.0. The molecule has 12 nitrogen and oxygen atoms in total. The standard InChI is InChI=1S/C17H30NO11PS/c1-12-10-27-30(22,28-11-26-16(21)17(2,3)4)29-14(12)15(20)18-7-6-13(19)25-8-9-31(5,23)24/h12,14H,6-11H2,1-5H3,(H,18,20)/t12?,14-,30-/m1/s1. The van der Waals surface area contributed by atoms with Gasteiger partial charge in [0.15, 0.2) is 15.9 Å². The van der Waals surface area contributed by atoms with Crippen molar-refractivity contribution in [2.45, 2.75) is 40.2 Å². The lowest BCUT2D eigenvalue weighted by atomic mass is 9.98. The molecule has 1 N–H and O–H groups in total. The van der Waals surface area contributed by atoms with Crippen molar-refractivity contribution in [3.05, 3.63) is 0 Å². The van der Waals surface area contributed by atoms with E-state index < -0.39 is 59.7 Å². The summed E-state index contributed by atoms with van der Waals surface area (Å²) < 4.78 is 59.3. The van der Waals surface area contributed by atoms with Crippen molar-refractivity contribution in [3.8, 4) is 0 Å². The average Bonchev–Trinajstić information content (AvgIpc) is 2.62. The van der Waals surface area contributed by atoms with E-state index in [0.717, 1.165) is 6.26 Å². The number of rotatable bonds is 10. The van der Waals surface area contributed by atoms with Crippen molar-refractivity contribution >= 4 is 35.5 Å². The summed E-state index contributed by atoms with van der Waals surface area (Å²) in [5, 5.41) is 2.45. The van der Waals surface area contributed by atoms with Crippen molar-refractivity contribution in [2.75, 3.05) is 38.6 Å². The Kier molecular flexibility index (Phi) is 10.1. The lowest BCUT2D eigenvalue weighted by Crippen LogP contribution is -2.44. The fourth-order valence-electron chi connectivity index (χ4n) is 2.07. The van der Waals surface area contributed by atoms with Gasteiger partial charge in [-0.25, -0.2) is 17.5 Å². The van der Waals surface area contributed by atoms with Gasteiger partial charge in [-0.05, 0) is 20.8 Å². The molecule has 1 heterocycles. The fourth-order valence-corrected chi connectivity index (χ4v) is 3.84. The minimum absolute atomic E-state index is 0.0989. The SMILES string of the molecule is CC1CO[P@](=O)(OCOC(=O)C(C)(C)C)O[C@H]1C(=O)NCCC(=O)OCCS(C)(=O)=O. The van der Waals surface area contributed by atoms with Gasteiger partial charge in [-0.1, -0.05) is 6.92 Å². The summed E-state index contributed by atoms with van der Waals surface area (Å²) in [6.45, 7) is 5.39. The first-order valence-electron chi connectivity index (χ1n) is 9.49. The normalized spacial score (nSPS) is 24.3. The summed E-state index contributed by atoms with van der Waals surface area (Å²) >= 11 is 0. The summed E-state index contributed by atoms with van der Waals surface area (Å²) in [6.07, 6.45) is -0.351. The Morgan fingerprint density at radius 2 is 1.84 bits per heavy atom.